The first-order valence-electron chi connectivity index (χ1n) is 6.99. The summed E-state index contributed by atoms with van der Waals surface area (Å²) in [7, 11) is 0. The summed E-state index contributed by atoms with van der Waals surface area (Å²) in [6.45, 7) is 1.95. The lowest BCUT2D eigenvalue weighted by Gasteiger charge is -2.07. The fourth-order valence-electron chi connectivity index (χ4n) is 2.16. The van der Waals surface area contributed by atoms with E-state index in [4.69, 9.17) is 0 Å². The summed E-state index contributed by atoms with van der Waals surface area (Å²) < 4.78 is 1.12. The molecule has 0 bridgehead atoms. The van der Waals surface area contributed by atoms with Gasteiger partial charge in [-0.2, -0.15) is 10.1 Å². The standard InChI is InChI=1S/C15H13N7S/c1-9-6-14(22-21-9)19-13-4-5-16-15(20-13)18-10-2-3-11-12(7-10)23-8-17-11/h2-8H,1H3,(H3,16,18,19,20,21,22). The molecule has 23 heavy (non-hydrogen) atoms. The smallest absolute Gasteiger partial charge is 0.229 e. The van der Waals surface area contributed by atoms with Gasteiger partial charge in [-0.25, -0.2) is 9.97 Å². The van der Waals surface area contributed by atoms with Gasteiger partial charge in [0.15, 0.2) is 5.82 Å². The summed E-state index contributed by atoms with van der Waals surface area (Å²) in [5.41, 5.74) is 4.74. The van der Waals surface area contributed by atoms with Crippen molar-refractivity contribution in [2.45, 2.75) is 6.92 Å². The van der Waals surface area contributed by atoms with E-state index in [0.29, 0.717) is 11.8 Å². The lowest BCUT2D eigenvalue weighted by Crippen LogP contribution is -2.00. The van der Waals surface area contributed by atoms with Crippen LogP contribution >= 0.6 is 11.3 Å². The molecule has 0 saturated heterocycles. The van der Waals surface area contributed by atoms with Crippen LogP contribution in [0.4, 0.5) is 23.3 Å². The Hall–Kier alpha value is -3.00. The highest BCUT2D eigenvalue weighted by molar-refractivity contribution is 7.16. The Morgan fingerprint density at radius 1 is 1.04 bits per heavy atom. The zero-order valence-corrected chi connectivity index (χ0v) is 13.1. The Kier molecular flexibility index (Phi) is 3.35. The minimum absolute atomic E-state index is 0.520. The summed E-state index contributed by atoms with van der Waals surface area (Å²) in [6, 6.07) is 9.67. The maximum absolute atomic E-state index is 4.44. The van der Waals surface area contributed by atoms with Crippen LogP contribution in [0.5, 0.6) is 0 Å². The van der Waals surface area contributed by atoms with Gasteiger partial charge in [-0.1, -0.05) is 0 Å². The number of hydrogen-bond acceptors (Lipinski definition) is 7. The summed E-state index contributed by atoms with van der Waals surface area (Å²) in [5.74, 6) is 1.91. The first kappa shape index (κ1) is 13.6. The fourth-order valence-corrected chi connectivity index (χ4v) is 2.88. The molecule has 0 atom stereocenters. The van der Waals surface area contributed by atoms with Crippen LogP contribution in [0.3, 0.4) is 0 Å². The van der Waals surface area contributed by atoms with Crippen LogP contribution in [-0.2, 0) is 0 Å². The second-order valence-corrected chi connectivity index (χ2v) is 5.87. The summed E-state index contributed by atoms with van der Waals surface area (Å²) in [4.78, 5) is 13.0. The number of fused-ring (bicyclic) bond motifs is 1. The number of rotatable bonds is 4. The molecule has 0 aliphatic rings. The molecule has 0 radical (unpaired) electrons. The van der Waals surface area contributed by atoms with E-state index in [9.17, 15) is 0 Å². The van der Waals surface area contributed by atoms with Gasteiger partial charge in [0.2, 0.25) is 5.95 Å². The maximum atomic E-state index is 4.44. The number of nitrogens with one attached hydrogen (secondary N) is 3. The van der Waals surface area contributed by atoms with Gasteiger partial charge in [-0.05, 0) is 31.2 Å². The Morgan fingerprint density at radius 2 is 2.00 bits per heavy atom. The molecular formula is C15H13N7S. The molecule has 7 nitrogen and oxygen atoms in total. The minimum atomic E-state index is 0.520. The number of aromatic amines is 1. The van der Waals surface area contributed by atoms with Crippen LogP contribution in [0.2, 0.25) is 0 Å². The zero-order valence-electron chi connectivity index (χ0n) is 12.2. The average molecular weight is 323 g/mol. The van der Waals surface area contributed by atoms with Crippen LogP contribution in [0, 0.1) is 6.92 Å². The van der Waals surface area contributed by atoms with Crippen LogP contribution in [0.1, 0.15) is 5.69 Å². The highest BCUT2D eigenvalue weighted by Gasteiger charge is 2.04. The van der Waals surface area contributed by atoms with Crippen molar-refractivity contribution in [1.29, 1.82) is 0 Å². The Balaban J connectivity index is 1.55. The first-order chi connectivity index (χ1) is 11.3. The molecule has 1 aromatic carbocycles. The predicted molar refractivity (Wildman–Crippen MR) is 91.5 cm³/mol. The summed E-state index contributed by atoms with van der Waals surface area (Å²) in [5, 5.41) is 13.4. The van der Waals surface area contributed by atoms with Crippen molar-refractivity contribution in [3.05, 3.63) is 47.7 Å². The molecule has 3 aromatic heterocycles. The van der Waals surface area contributed by atoms with E-state index in [0.717, 1.165) is 27.4 Å². The van der Waals surface area contributed by atoms with Gasteiger partial charge in [-0.15, -0.1) is 11.3 Å². The van der Waals surface area contributed by atoms with Gasteiger partial charge in [0.25, 0.3) is 0 Å². The molecule has 4 aromatic rings. The van der Waals surface area contributed by atoms with Gasteiger partial charge in [-0.3, -0.25) is 5.10 Å². The monoisotopic (exact) mass is 323 g/mol. The lowest BCUT2D eigenvalue weighted by molar-refractivity contribution is 1.05. The van der Waals surface area contributed by atoms with Crippen molar-refractivity contribution in [3.8, 4) is 0 Å². The van der Waals surface area contributed by atoms with Crippen LogP contribution in [-0.4, -0.2) is 25.1 Å². The maximum Gasteiger partial charge on any atom is 0.229 e. The third-order valence-electron chi connectivity index (χ3n) is 3.21. The van der Waals surface area contributed by atoms with E-state index in [1.54, 1.807) is 23.6 Å². The van der Waals surface area contributed by atoms with E-state index >= 15 is 0 Å². The van der Waals surface area contributed by atoms with Gasteiger partial charge in [0, 0.05) is 23.6 Å². The third kappa shape index (κ3) is 2.97. The molecule has 0 saturated carbocycles. The van der Waals surface area contributed by atoms with E-state index in [1.807, 2.05) is 36.7 Å². The lowest BCUT2D eigenvalue weighted by atomic mass is 10.3. The number of nitrogens with zero attached hydrogens (tertiary/aromatic N) is 4. The molecule has 0 fully saturated rings. The molecule has 0 aliphatic carbocycles. The van der Waals surface area contributed by atoms with Crippen molar-refractivity contribution in [2.24, 2.45) is 0 Å². The number of thiazole rings is 1. The molecule has 8 heteroatoms. The van der Waals surface area contributed by atoms with E-state index in [2.05, 4.69) is 35.8 Å². The highest BCUT2D eigenvalue weighted by atomic mass is 32.1. The first-order valence-corrected chi connectivity index (χ1v) is 7.86. The summed E-state index contributed by atoms with van der Waals surface area (Å²) in [6.07, 6.45) is 1.70. The predicted octanol–water partition coefficient (Wildman–Crippen LogP) is 3.61. The topological polar surface area (TPSA) is 91.4 Å². The Bertz CT molecular complexity index is 959. The largest absolute Gasteiger partial charge is 0.324 e. The second-order valence-electron chi connectivity index (χ2n) is 4.99. The SMILES string of the molecule is Cc1cc(Nc2ccnc(Nc3ccc4ncsc4c3)n2)n[nH]1. The quantitative estimate of drug-likeness (QED) is 0.531. The van der Waals surface area contributed by atoms with Gasteiger partial charge in [0.1, 0.15) is 5.82 Å². The second kappa shape index (κ2) is 5.65. The number of H-pyrrole nitrogens is 1. The molecular weight excluding hydrogens is 310 g/mol. The van der Waals surface area contributed by atoms with Gasteiger partial charge < -0.3 is 10.6 Å². The number of hydrogen-bond donors (Lipinski definition) is 3. The molecule has 4 rings (SSSR count). The molecule has 0 amide bonds. The summed E-state index contributed by atoms with van der Waals surface area (Å²) >= 11 is 1.60. The normalized spacial score (nSPS) is 10.8. The third-order valence-corrected chi connectivity index (χ3v) is 4.00. The number of benzene rings is 1. The molecule has 0 unspecified atom stereocenters. The van der Waals surface area contributed by atoms with Gasteiger partial charge in [0.05, 0.1) is 15.7 Å². The Labute approximate surface area is 135 Å². The van der Waals surface area contributed by atoms with Gasteiger partial charge >= 0.3 is 0 Å². The van der Waals surface area contributed by atoms with Crippen LogP contribution in [0.15, 0.2) is 42.0 Å². The average Bonchev–Trinajstić information content (AvgIpc) is 3.16. The van der Waals surface area contributed by atoms with Crippen LogP contribution < -0.4 is 10.6 Å². The van der Waals surface area contributed by atoms with Crippen molar-refractivity contribution in [2.75, 3.05) is 10.6 Å². The molecule has 3 heterocycles. The highest BCUT2D eigenvalue weighted by Crippen LogP contribution is 2.23. The van der Waals surface area contributed by atoms with Crippen molar-refractivity contribution < 1.29 is 0 Å². The van der Waals surface area contributed by atoms with Crippen molar-refractivity contribution >= 4 is 44.8 Å². The van der Waals surface area contributed by atoms with Crippen molar-refractivity contribution in [3.63, 3.8) is 0 Å². The number of aryl methyl sites for hydroxylation is 1. The van der Waals surface area contributed by atoms with Crippen molar-refractivity contribution in [1.82, 2.24) is 25.1 Å². The minimum Gasteiger partial charge on any atom is -0.324 e. The Morgan fingerprint density at radius 3 is 2.87 bits per heavy atom. The molecule has 114 valence electrons. The fraction of sp³-hybridized carbons (Fsp3) is 0.0667. The molecule has 3 N–H and O–H groups in total. The number of anilines is 4. The molecule has 0 aliphatic heterocycles. The molecule has 0 spiro atoms. The van der Waals surface area contributed by atoms with E-state index in [-0.39, 0.29) is 0 Å². The van der Waals surface area contributed by atoms with E-state index < -0.39 is 0 Å². The zero-order chi connectivity index (χ0) is 15.6. The van der Waals surface area contributed by atoms with Crippen LogP contribution in [0.25, 0.3) is 10.2 Å². The number of aromatic nitrogens is 5. The van der Waals surface area contributed by atoms with E-state index in [1.165, 1.54) is 0 Å².